The van der Waals surface area contributed by atoms with Crippen molar-refractivity contribution < 1.29 is 0 Å². The Morgan fingerprint density at radius 3 is 2.94 bits per heavy atom. The van der Waals surface area contributed by atoms with E-state index in [9.17, 15) is 0 Å². The van der Waals surface area contributed by atoms with E-state index in [4.69, 9.17) is 5.84 Å². The lowest BCUT2D eigenvalue weighted by molar-refractivity contribution is 0.259. The normalized spacial score (nSPS) is 18.1. The highest BCUT2D eigenvalue weighted by Gasteiger charge is 2.24. The van der Waals surface area contributed by atoms with Crippen LogP contribution in [0.4, 0.5) is 0 Å². The van der Waals surface area contributed by atoms with Crippen molar-refractivity contribution in [2.24, 2.45) is 11.8 Å². The van der Waals surface area contributed by atoms with E-state index in [1.165, 1.54) is 24.8 Å². The average molecular weight is 219 g/mol. The maximum atomic E-state index is 5.67. The van der Waals surface area contributed by atoms with Crippen LogP contribution in [0.1, 0.15) is 49.9 Å². The number of hydrazine groups is 1. The minimum Gasteiger partial charge on any atom is -0.271 e. The van der Waals surface area contributed by atoms with Crippen LogP contribution in [0.15, 0.2) is 18.3 Å². The standard InChI is InChI=1S/C13H21N3/c1-2-11-7-4-8-15-13(11)12(16-14)9-10-5-3-6-10/h4,7-8,10,12,16H,2-3,5-6,9,14H2,1H3. The molecule has 0 spiro atoms. The van der Waals surface area contributed by atoms with Crippen LogP contribution in [-0.2, 0) is 6.42 Å². The molecule has 2 rings (SSSR count). The number of aromatic nitrogens is 1. The smallest absolute Gasteiger partial charge is 0.0637 e. The van der Waals surface area contributed by atoms with Crippen LogP contribution in [0.5, 0.6) is 0 Å². The average Bonchev–Trinajstić information content (AvgIpc) is 2.28. The van der Waals surface area contributed by atoms with Crippen molar-refractivity contribution in [2.45, 2.75) is 45.1 Å². The van der Waals surface area contributed by atoms with Gasteiger partial charge in [0.05, 0.1) is 11.7 Å². The molecule has 1 fully saturated rings. The van der Waals surface area contributed by atoms with Crippen LogP contribution in [-0.4, -0.2) is 4.98 Å². The van der Waals surface area contributed by atoms with Crippen molar-refractivity contribution in [1.82, 2.24) is 10.4 Å². The Labute approximate surface area is 97.4 Å². The fourth-order valence-corrected chi connectivity index (χ4v) is 2.38. The molecule has 16 heavy (non-hydrogen) atoms. The van der Waals surface area contributed by atoms with Crippen molar-refractivity contribution in [3.8, 4) is 0 Å². The topological polar surface area (TPSA) is 50.9 Å². The van der Waals surface area contributed by atoms with Crippen LogP contribution >= 0.6 is 0 Å². The number of pyridine rings is 1. The van der Waals surface area contributed by atoms with Crippen LogP contribution < -0.4 is 11.3 Å². The number of nitrogens with one attached hydrogen (secondary N) is 1. The van der Waals surface area contributed by atoms with Gasteiger partial charge in [-0.1, -0.05) is 32.3 Å². The van der Waals surface area contributed by atoms with Gasteiger partial charge in [-0.05, 0) is 30.4 Å². The SMILES string of the molecule is CCc1cccnc1C(CC1CCC1)NN. The molecule has 0 aromatic carbocycles. The molecule has 1 aromatic rings. The molecule has 3 N–H and O–H groups in total. The van der Waals surface area contributed by atoms with Gasteiger partial charge in [0, 0.05) is 6.20 Å². The maximum Gasteiger partial charge on any atom is 0.0637 e. The lowest BCUT2D eigenvalue weighted by atomic mass is 9.80. The second kappa shape index (κ2) is 5.41. The molecule has 1 heterocycles. The molecule has 1 aliphatic carbocycles. The van der Waals surface area contributed by atoms with E-state index >= 15 is 0 Å². The third-order valence-electron chi connectivity index (χ3n) is 3.63. The fourth-order valence-electron chi connectivity index (χ4n) is 2.38. The van der Waals surface area contributed by atoms with Crippen LogP contribution in [0.25, 0.3) is 0 Å². The highest BCUT2D eigenvalue weighted by atomic mass is 15.2. The Morgan fingerprint density at radius 2 is 2.38 bits per heavy atom. The quantitative estimate of drug-likeness (QED) is 0.590. The minimum atomic E-state index is 0.224. The maximum absolute atomic E-state index is 5.67. The third-order valence-corrected chi connectivity index (χ3v) is 3.63. The highest BCUT2D eigenvalue weighted by Crippen LogP contribution is 2.34. The van der Waals surface area contributed by atoms with Crippen LogP contribution in [0.2, 0.25) is 0 Å². The second-order valence-electron chi connectivity index (χ2n) is 4.65. The van der Waals surface area contributed by atoms with Gasteiger partial charge in [-0.3, -0.25) is 16.3 Å². The molecule has 0 radical (unpaired) electrons. The number of hydrogen-bond acceptors (Lipinski definition) is 3. The molecule has 3 heteroatoms. The molecule has 1 atom stereocenters. The van der Waals surface area contributed by atoms with E-state index in [-0.39, 0.29) is 6.04 Å². The molecule has 0 saturated heterocycles. The summed E-state index contributed by atoms with van der Waals surface area (Å²) in [4.78, 5) is 4.49. The summed E-state index contributed by atoms with van der Waals surface area (Å²) < 4.78 is 0. The number of rotatable bonds is 5. The Kier molecular flexibility index (Phi) is 3.91. The zero-order chi connectivity index (χ0) is 11.4. The predicted octanol–water partition coefficient (Wildman–Crippen LogP) is 2.34. The van der Waals surface area contributed by atoms with Gasteiger partial charge >= 0.3 is 0 Å². The van der Waals surface area contributed by atoms with E-state index in [2.05, 4.69) is 23.4 Å². The molecule has 0 amide bonds. The fraction of sp³-hybridized carbons (Fsp3) is 0.615. The van der Waals surface area contributed by atoms with Gasteiger partial charge in [-0.25, -0.2) is 0 Å². The highest BCUT2D eigenvalue weighted by molar-refractivity contribution is 5.22. The minimum absolute atomic E-state index is 0.224. The number of aryl methyl sites for hydroxylation is 1. The molecule has 0 aliphatic heterocycles. The van der Waals surface area contributed by atoms with E-state index in [1.807, 2.05) is 12.3 Å². The predicted molar refractivity (Wildman–Crippen MR) is 65.6 cm³/mol. The summed E-state index contributed by atoms with van der Waals surface area (Å²) in [6, 6.07) is 4.37. The van der Waals surface area contributed by atoms with E-state index in [0.29, 0.717) is 0 Å². The summed E-state index contributed by atoms with van der Waals surface area (Å²) in [5.41, 5.74) is 5.38. The van der Waals surface area contributed by atoms with Crippen molar-refractivity contribution in [3.05, 3.63) is 29.6 Å². The third kappa shape index (κ3) is 2.42. The lowest BCUT2D eigenvalue weighted by Crippen LogP contribution is -2.32. The van der Waals surface area contributed by atoms with Gasteiger partial charge < -0.3 is 0 Å². The number of nitrogens with zero attached hydrogens (tertiary/aromatic N) is 1. The van der Waals surface area contributed by atoms with Gasteiger partial charge in [0.1, 0.15) is 0 Å². The first kappa shape index (κ1) is 11.6. The lowest BCUT2D eigenvalue weighted by Gasteiger charge is -2.29. The van der Waals surface area contributed by atoms with Crippen LogP contribution in [0.3, 0.4) is 0 Å². The van der Waals surface area contributed by atoms with Gasteiger partial charge in [0.2, 0.25) is 0 Å². The first-order valence-corrected chi connectivity index (χ1v) is 6.25. The van der Waals surface area contributed by atoms with Crippen molar-refractivity contribution in [3.63, 3.8) is 0 Å². The molecule has 1 aliphatic rings. The zero-order valence-corrected chi connectivity index (χ0v) is 9.95. The largest absolute Gasteiger partial charge is 0.271 e. The molecule has 3 nitrogen and oxygen atoms in total. The van der Waals surface area contributed by atoms with Crippen molar-refractivity contribution in [2.75, 3.05) is 0 Å². The molecule has 1 unspecified atom stereocenters. The van der Waals surface area contributed by atoms with E-state index in [0.717, 1.165) is 24.5 Å². The van der Waals surface area contributed by atoms with Gasteiger partial charge in [0.25, 0.3) is 0 Å². The zero-order valence-electron chi connectivity index (χ0n) is 9.95. The Balaban J connectivity index is 2.11. The summed E-state index contributed by atoms with van der Waals surface area (Å²) in [5, 5.41) is 0. The molecular formula is C13H21N3. The van der Waals surface area contributed by atoms with Crippen molar-refractivity contribution in [1.29, 1.82) is 0 Å². The first-order chi connectivity index (χ1) is 7.85. The van der Waals surface area contributed by atoms with E-state index in [1.54, 1.807) is 0 Å². The second-order valence-corrected chi connectivity index (χ2v) is 4.65. The Morgan fingerprint density at radius 1 is 1.56 bits per heavy atom. The number of hydrogen-bond donors (Lipinski definition) is 2. The molecular weight excluding hydrogens is 198 g/mol. The Bertz CT molecular complexity index is 334. The van der Waals surface area contributed by atoms with E-state index < -0.39 is 0 Å². The van der Waals surface area contributed by atoms with Crippen molar-refractivity contribution >= 4 is 0 Å². The summed E-state index contributed by atoms with van der Waals surface area (Å²) >= 11 is 0. The molecule has 1 saturated carbocycles. The van der Waals surface area contributed by atoms with Gasteiger partial charge in [-0.15, -0.1) is 0 Å². The summed E-state index contributed by atoms with van der Waals surface area (Å²) in [6.45, 7) is 2.16. The summed E-state index contributed by atoms with van der Waals surface area (Å²) in [7, 11) is 0. The van der Waals surface area contributed by atoms with Gasteiger partial charge in [0.15, 0.2) is 0 Å². The first-order valence-electron chi connectivity index (χ1n) is 6.25. The van der Waals surface area contributed by atoms with Crippen LogP contribution in [0, 0.1) is 5.92 Å². The Hall–Kier alpha value is -0.930. The summed E-state index contributed by atoms with van der Waals surface area (Å²) in [6.07, 6.45) is 8.09. The molecule has 0 bridgehead atoms. The number of nitrogens with two attached hydrogens (primary N) is 1. The van der Waals surface area contributed by atoms with Gasteiger partial charge in [-0.2, -0.15) is 0 Å². The summed E-state index contributed by atoms with van der Waals surface area (Å²) in [5.74, 6) is 6.51. The molecule has 88 valence electrons. The monoisotopic (exact) mass is 219 g/mol. The molecule has 1 aromatic heterocycles.